The van der Waals surface area contributed by atoms with Crippen LogP contribution in [0.5, 0.6) is 0 Å². The maximum Gasteiger partial charge on any atom is 0.250 e. The van der Waals surface area contributed by atoms with Gasteiger partial charge in [-0.15, -0.1) is 10.2 Å². The van der Waals surface area contributed by atoms with Gasteiger partial charge < -0.3 is 4.42 Å². The second-order valence-electron chi connectivity index (χ2n) is 4.11. The van der Waals surface area contributed by atoms with E-state index in [2.05, 4.69) is 27.8 Å². The Bertz CT molecular complexity index is 717. The summed E-state index contributed by atoms with van der Waals surface area (Å²) in [6.45, 7) is 0. The predicted octanol–water partition coefficient (Wildman–Crippen LogP) is 3.29. The van der Waals surface area contributed by atoms with Crippen LogP contribution in [0, 0.1) is 5.82 Å². The zero-order valence-corrected chi connectivity index (χ0v) is 11.2. The number of benzene rings is 1. The Balaban J connectivity index is 1.93. The third-order valence-electron chi connectivity index (χ3n) is 2.78. The second-order valence-corrected chi connectivity index (χ2v) is 4.63. The van der Waals surface area contributed by atoms with Gasteiger partial charge in [0.05, 0.1) is 5.56 Å². The van der Waals surface area contributed by atoms with Crippen molar-refractivity contribution in [2.24, 2.45) is 0 Å². The SMILES string of the molecule is Fc1ccccc1-c1nnc(C(S)c2cccnc2)o1. The largest absolute Gasteiger partial charge is 0.419 e. The van der Waals surface area contributed by atoms with Gasteiger partial charge in [0, 0.05) is 12.4 Å². The van der Waals surface area contributed by atoms with Crippen LogP contribution < -0.4 is 0 Å². The average Bonchev–Trinajstić information content (AvgIpc) is 2.97. The molecule has 1 unspecified atom stereocenters. The van der Waals surface area contributed by atoms with Crippen LogP contribution >= 0.6 is 12.6 Å². The first kappa shape index (κ1) is 12.8. The molecule has 0 radical (unpaired) electrons. The fourth-order valence-electron chi connectivity index (χ4n) is 1.77. The van der Waals surface area contributed by atoms with Gasteiger partial charge in [0.1, 0.15) is 11.1 Å². The minimum atomic E-state index is -0.403. The molecule has 3 aromatic rings. The summed E-state index contributed by atoms with van der Waals surface area (Å²) in [5, 5.41) is 7.40. The summed E-state index contributed by atoms with van der Waals surface area (Å²) in [6, 6.07) is 9.90. The van der Waals surface area contributed by atoms with Crippen LogP contribution in [0.1, 0.15) is 16.7 Å². The summed E-state index contributed by atoms with van der Waals surface area (Å²) in [5.41, 5.74) is 1.11. The van der Waals surface area contributed by atoms with E-state index in [1.54, 1.807) is 36.7 Å². The van der Waals surface area contributed by atoms with Crippen LogP contribution in [0.2, 0.25) is 0 Å². The maximum absolute atomic E-state index is 13.7. The van der Waals surface area contributed by atoms with E-state index in [1.165, 1.54) is 6.07 Å². The van der Waals surface area contributed by atoms with Gasteiger partial charge in [0.15, 0.2) is 0 Å². The van der Waals surface area contributed by atoms with Crippen molar-refractivity contribution in [2.75, 3.05) is 0 Å². The highest BCUT2D eigenvalue weighted by Gasteiger charge is 2.19. The first-order valence-electron chi connectivity index (χ1n) is 5.92. The second kappa shape index (κ2) is 5.42. The molecular weight excluding hydrogens is 277 g/mol. The fourth-order valence-corrected chi connectivity index (χ4v) is 2.03. The number of rotatable bonds is 3. The molecule has 6 heteroatoms. The van der Waals surface area contributed by atoms with E-state index in [0.717, 1.165) is 5.56 Å². The maximum atomic E-state index is 13.7. The third-order valence-corrected chi connectivity index (χ3v) is 3.30. The standard InChI is InChI=1S/C14H10FN3OS/c15-11-6-2-1-5-10(11)13-17-18-14(19-13)12(20)9-4-3-7-16-8-9/h1-8,12,20H. The zero-order valence-electron chi connectivity index (χ0n) is 10.3. The van der Waals surface area contributed by atoms with E-state index in [-0.39, 0.29) is 11.5 Å². The highest BCUT2D eigenvalue weighted by Crippen LogP contribution is 2.29. The molecule has 0 N–H and O–H groups in total. The summed E-state index contributed by atoms with van der Waals surface area (Å²) in [4.78, 5) is 4.01. The molecule has 3 rings (SSSR count). The summed E-state index contributed by atoms with van der Waals surface area (Å²) in [7, 11) is 0. The molecule has 100 valence electrons. The van der Waals surface area contributed by atoms with E-state index in [9.17, 15) is 4.39 Å². The van der Waals surface area contributed by atoms with Crippen LogP contribution in [-0.2, 0) is 0 Å². The molecule has 0 aliphatic heterocycles. The fraction of sp³-hybridized carbons (Fsp3) is 0.0714. The molecule has 4 nitrogen and oxygen atoms in total. The Kier molecular flexibility index (Phi) is 3.47. The average molecular weight is 287 g/mol. The third kappa shape index (κ3) is 2.42. The monoisotopic (exact) mass is 287 g/mol. The van der Waals surface area contributed by atoms with Gasteiger partial charge in [-0.3, -0.25) is 4.98 Å². The van der Waals surface area contributed by atoms with E-state index in [0.29, 0.717) is 5.89 Å². The van der Waals surface area contributed by atoms with Gasteiger partial charge in [0.2, 0.25) is 5.89 Å². The molecular formula is C14H10FN3OS. The number of halogens is 1. The smallest absolute Gasteiger partial charge is 0.250 e. The van der Waals surface area contributed by atoms with Crippen LogP contribution in [0.3, 0.4) is 0 Å². The lowest BCUT2D eigenvalue weighted by atomic mass is 10.2. The molecule has 0 amide bonds. The zero-order chi connectivity index (χ0) is 13.9. The molecule has 0 saturated carbocycles. The van der Waals surface area contributed by atoms with Crippen molar-refractivity contribution in [1.29, 1.82) is 0 Å². The first-order valence-corrected chi connectivity index (χ1v) is 6.43. The van der Waals surface area contributed by atoms with Crippen molar-refractivity contribution in [2.45, 2.75) is 5.25 Å². The van der Waals surface area contributed by atoms with Gasteiger partial charge in [-0.05, 0) is 23.8 Å². The molecule has 2 heterocycles. The van der Waals surface area contributed by atoms with Crippen LogP contribution in [0.4, 0.5) is 4.39 Å². The van der Waals surface area contributed by atoms with Crippen molar-refractivity contribution in [3.05, 3.63) is 66.1 Å². The molecule has 1 atom stereocenters. The Hall–Kier alpha value is -2.21. The first-order chi connectivity index (χ1) is 9.75. The van der Waals surface area contributed by atoms with Crippen molar-refractivity contribution in [1.82, 2.24) is 15.2 Å². The topological polar surface area (TPSA) is 51.8 Å². The van der Waals surface area contributed by atoms with E-state index >= 15 is 0 Å². The lowest BCUT2D eigenvalue weighted by Crippen LogP contribution is -1.94. The molecule has 0 aliphatic rings. The lowest BCUT2D eigenvalue weighted by molar-refractivity contribution is 0.510. The van der Waals surface area contributed by atoms with Crippen LogP contribution in [0.15, 0.2) is 53.2 Å². The number of thiol groups is 1. The molecule has 0 aliphatic carbocycles. The molecule has 0 saturated heterocycles. The van der Waals surface area contributed by atoms with Gasteiger partial charge in [-0.25, -0.2) is 4.39 Å². The Labute approximate surface area is 120 Å². The minimum absolute atomic E-state index is 0.140. The summed E-state index contributed by atoms with van der Waals surface area (Å²) in [6.07, 6.45) is 3.34. The van der Waals surface area contributed by atoms with Gasteiger partial charge in [-0.1, -0.05) is 18.2 Å². The number of hydrogen-bond donors (Lipinski definition) is 1. The molecule has 0 fully saturated rings. The molecule has 2 aromatic heterocycles. The highest BCUT2D eigenvalue weighted by atomic mass is 32.1. The summed E-state index contributed by atoms with van der Waals surface area (Å²) < 4.78 is 19.2. The number of aromatic nitrogens is 3. The Morgan fingerprint density at radius 3 is 2.70 bits per heavy atom. The highest BCUT2D eigenvalue weighted by molar-refractivity contribution is 7.80. The Morgan fingerprint density at radius 1 is 1.10 bits per heavy atom. The normalized spacial score (nSPS) is 12.3. The quantitative estimate of drug-likeness (QED) is 0.751. The van der Waals surface area contributed by atoms with E-state index in [1.807, 2.05) is 6.07 Å². The van der Waals surface area contributed by atoms with Crippen molar-refractivity contribution in [3.8, 4) is 11.5 Å². The van der Waals surface area contributed by atoms with Gasteiger partial charge in [-0.2, -0.15) is 12.6 Å². The number of hydrogen-bond acceptors (Lipinski definition) is 5. The molecule has 20 heavy (non-hydrogen) atoms. The van der Waals surface area contributed by atoms with E-state index in [4.69, 9.17) is 4.42 Å². The lowest BCUT2D eigenvalue weighted by Gasteiger charge is -2.04. The van der Waals surface area contributed by atoms with Gasteiger partial charge in [0.25, 0.3) is 5.89 Å². The van der Waals surface area contributed by atoms with Crippen LogP contribution in [0.25, 0.3) is 11.5 Å². The molecule has 0 bridgehead atoms. The van der Waals surface area contributed by atoms with Crippen molar-refractivity contribution >= 4 is 12.6 Å². The summed E-state index contributed by atoms with van der Waals surface area (Å²) in [5.74, 6) is 0.0421. The van der Waals surface area contributed by atoms with Crippen molar-refractivity contribution < 1.29 is 8.81 Å². The minimum Gasteiger partial charge on any atom is -0.419 e. The van der Waals surface area contributed by atoms with Crippen molar-refractivity contribution in [3.63, 3.8) is 0 Å². The van der Waals surface area contributed by atoms with Gasteiger partial charge >= 0.3 is 0 Å². The van der Waals surface area contributed by atoms with E-state index < -0.39 is 11.1 Å². The molecule has 0 spiro atoms. The van der Waals surface area contributed by atoms with Crippen LogP contribution in [-0.4, -0.2) is 15.2 Å². The Morgan fingerprint density at radius 2 is 1.95 bits per heavy atom. The number of pyridine rings is 1. The predicted molar refractivity (Wildman–Crippen MR) is 74.8 cm³/mol. The summed E-state index contributed by atoms with van der Waals surface area (Å²) >= 11 is 4.43. The molecule has 1 aromatic carbocycles. The number of nitrogens with zero attached hydrogens (tertiary/aromatic N) is 3.